The van der Waals surface area contributed by atoms with Crippen molar-refractivity contribution in [1.29, 1.82) is 0 Å². The van der Waals surface area contributed by atoms with E-state index in [0.29, 0.717) is 0 Å². The Morgan fingerprint density at radius 3 is 2.79 bits per heavy atom. The molecule has 1 aliphatic heterocycles. The highest BCUT2D eigenvalue weighted by atomic mass is 32.2. The molecule has 3 aromatic rings. The average Bonchev–Trinajstić information content (AvgIpc) is 2.99. The van der Waals surface area contributed by atoms with Gasteiger partial charge in [0.15, 0.2) is 0 Å². The molecular weight excluding hydrogens is 316 g/mol. The number of aromatic nitrogens is 3. The van der Waals surface area contributed by atoms with E-state index in [1.165, 1.54) is 21.4 Å². The van der Waals surface area contributed by atoms with Gasteiger partial charge in [-0.2, -0.15) is 5.10 Å². The Balaban J connectivity index is 1.84. The lowest BCUT2D eigenvalue weighted by Crippen LogP contribution is -2.27. The molecule has 5 heteroatoms. The molecule has 1 aromatic carbocycles. The van der Waals surface area contributed by atoms with E-state index in [1.807, 2.05) is 12.3 Å². The molecule has 4 nitrogen and oxygen atoms in total. The first-order valence-corrected chi connectivity index (χ1v) is 9.40. The molecule has 0 saturated carbocycles. The fourth-order valence-corrected chi connectivity index (χ4v) is 4.47. The highest BCUT2D eigenvalue weighted by Gasteiger charge is 2.25. The van der Waals surface area contributed by atoms with Crippen LogP contribution in [-0.4, -0.2) is 39.3 Å². The first-order valence-electron chi connectivity index (χ1n) is 8.58. The Morgan fingerprint density at radius 2 is 2.00 bits per heavy atom. The molecular formula is C19H22N4S. The van der Waals surface area contributed by atoms with Crippen LogP contribution in [0.2, 0.25) is 0 Å². The summed E-state index contributed by atoms with van der Waals surface area (Å²) in [7, 11) is 0. The molecule has 0 radical (unpaired) electrons. The van der Waals surface area contributed by atoms with Crippen molar-refractivity contribution in [3.8, 4) is 11.3 Å². The minimum atomic E-state index is 0.918. The minimum absolute atomic E-state index is 0.918. The SMILES string of the molecule is CCN(CC)CCn1nc2c3c(c(C)ccc31)Sc1ncccc1-2. The number of pyridine rings is 1. The number of likely N-dealkylation sites (N-methyl/N-ethyl adjacent to an activating group) is 1. The lowest BCUT2D eigenvalue weighted by Gasteiger charge is -2.18. The maximum absolute atomic E-state index is 4.98. The third kappa shape index (κ3) is 2.43. The van der Waals surface area contributed by atoms with Gasteiger partial charge in [0.2, 0.25) is 0 Å². The summed E-state index contributed by atoms with van der Waals surface area (Å²) >= 11 is 1.77. The van der Waals surface area contributed by atoms with E-state index >= 15 is 0 Å². The molecule has 0 unspecified atom stereocenters. The maximum Gasteiger partial charge on any atom is 0.110 e. The fourth-order valence-electron chi connectivity index (χ4n) is 3.36. The molecule has 0 fully saturated rings. The Labute approximate surface area is 146 Å². The molecule has 2 aromatic heterocycles. The number of rotatable bonds is 5. The molecule has 0 bridgehead atoms. The van der Waals surface area contributed by atoms with E-state index in [4.69, 9.17) is 5.10 Å². The van der Waals surface area contributed by atoms with Gasteiger partial charge >= 0.3 is 0 Å². The standard InChI is InChI=1S/C19H22N4S/c1-4-22(5-2)11-12-23-15-9-8-13(3)18-16(15)17(21-23)14-7-6-10-20-19(14)24-18/h6-10H,4-5,11-12H2,1-3H3. The number of aryl methyl sites for hydroxylation is 1. The molecule has 0 spiro atoms. The Hall–Kier alpha value is -1.85. The number of hydrogen-bond acceptors (Lipinski definition) is 4. The van der Waals surface area contributed by atoms with Crippen molar-refractivity contribution < 1.29 is 0 Å². The number of nitrogens with zero attached hydrogens (tertiary/aromatic N) is 4. The van der Waals surface area contributed by atoms with Gasteiger partial charge in [0.05, 0.1) is 12.1 Å². The molecule has 3 heterocycles. The van der Waals surface area contributed by atoms with Crippen LogP contribution in [-0.2, 0) is 6.54 Å². The molecule has 1 aliphatic rings. The monoisotopic (exact) mass is 338 g/mol. The summed E-state index contributed by atoms with van der Waals surface area (Å²) in [5.41, 5.74) is 4.78. The van der Waals surface area contributed by atoms with Gasteiger partial charge in [-0.3, -0.25) is 4.68 Å². The zero-order valence-corrected chi connectivity index (χ0v) is 15.2. The smallest absolute Gasteiger partial charge is 0.110 e. The van der Waals surface area contributed by atoms with E-state index in [1.54, 1.807) is 11.8 Å². The van der Waals surface area contributed by atoms with Crippen molar-refractivity contribution in [3.05, 3.63) is 36.0 Å². The average molecular weight is 338 g/mol. The van der Waals surface area contributed by atoms with Gasteiger partial charge in [0, 0.05) is 28.6 Å². The van der Waals surface area contributed by atoms with Gasteiger partial charge in [0.1, 0.15) is 10.7 Å². The molecule has 0 aliphatic carbocycles. The van der Waals surface area contributed by atoms with Gasteiger partial charge < -0.3 is 4.90 Å². The van der Waals surface area contributed by atoms with Crippen molar-refractivity contribution in [3.63, 3.8) is 0 Å². The van der Waals surface area contributed by atoms with Crippen LogP contribution in [0.4, 0.5) is 0 Å². The van der Waals surface area contributed by atoms with Crippen LogP contribution in [0.3, 0.4) is 0 Å². The number of hydrogen-bond donors (Lipinski definition) is 0. The van der Waals surface area contributed by atoms with Crippen LogP contribution >= 0.6 is 11.8 Å². The van der Waals surface area contributed by atoms with Crippen LogP contribution in [0.15, 0.2) is 40.4 Å². The Bertz CT molecular complexity index is 896. The summed E-state index contributed by atoms with van der Waals surface area (Å²) in [5, 5.41) is 7.34. The molecule has 0 saturated heterocycles. The highest BCUT2D eigenvalue weighted by Crippen LogP contribution is 2.47. The third-order valence-corrected chi connectivity index (χ3v) is 6.06. The molecule has 0 amide bonds. The van der Waals surface area contributed by atoms with Crippen LogP contribution < -0.4 is 0 Å². The first kappa shape index (κ1) is 15.7. The van der Waals surface area contributed by atoms with Crippen LogP contribution in [0.25, 0.3) is 22.2 Å². The van der Waals surface area contributed by atoms with E-state index in [0.717, 1.165) is 42.5 Å². The van der Waals surface area contributed by atoms with E-state index < -0.39 is 0 Å². The van der Waals surface area contributed by atoms with Gasteiger partial charge in [-0.05, 0) is 43.8 Å². The fraction of sp³-hybridized carbons (Fsp3) is 0.368. The van der Waals surface area contributed by atoms with Gasteiger partial charge in [-0.15, -0.1) is 0 Å². The van der Waals surface area contributed by atoms with Crippen molar-refractivity contribution in [2.24, 2.45) is 0 Å². The molecule has 124 valence electrons. The second-order valence-corrected chi connectivity index (χ2v) is 7.16. The summed E-state index contributed by atoms with van der Waals surface area (Å²) in [6.07, 6.45) is 1.86. The van der Waals surface area contributed by atoms with Crippen molar-refractivity contribution in [1.82, 2.24) is 19.7 Å². The number of fused-ring (bicyclic) bond motifs is 2. The molecule has 4 rings (SSSR count). The predicted molar refractivity (Wildman–Crippen MR) is 99.6 cm³/mol. The molecule has 0 N–H and O–H groups in total. The van der Waals surface area contributed by atoms with Crippen LogP contribution in [0, 0.1) is 6.92 Å². The topological polar surface area (TPSA) is 34.0 Å². The van der Waals surface area contributed by atoms with Gasteiger partial charge in [-0.1, -0.05) is 31.7 Å². The number of benzene rings is 1. The predicted octanol–water partition coefficient (Wildman–Crippen LogP) is 4.21. The van der Waals surface area contributed by atoms with Crippen molar-refractivity contribution in [2.45, 2.75) is 37.2 Å². The lowest BCUT2D eigenvalue weighted by molar-refractivity contribution is 0.287. The van der Waals surface area contributed by atoms with E-state index in [-0.39, 0.29) is 0 Å². The minimum Gasteiger partial charge on any atom is -0.302 e. The maximum atomic E-state index is 4.98. The highest BCUT2D eigenvalue weighted by molar-refractivity contribution is 7.99. The van der Waals surface area contributed by atoms with Gasteiger partial charge in [0.25, 0.3) is 0 Å². The van der Waals surface area contributed by atoms with Crippen LogP contribution in [0.1, 0.15) is 19.4 Å². The van der Waals surface area contributed by atoms with Crippen molar-refractivity contribution in [2.75, 3.05) is 19.6 Å². The summed E-state index contributed by atoms with van der Waals surface area (Å²) in [5.74, 6) is 0. The van der Waals surface area contributed by atoms with E-state index in [2.05, 4.69) is 53.5 Å². The Kier molecular flexibility index (Phi) is 4.06. The lowest BCUT2D eigenvalue weighted by atomic mass is 10.1. The second-order valence-electron chi connectivity index (χ2n) is 6.16. The van der Waals surface area contributed by atoms with Gasteiger partial charge in [-0.25, -0.2) is 4.98 Å². The largest absolute Gasteiger partial charge is 0.302 e. The summed E-state index contributed by atoms with van der Waals surface area (Å²) in [6.45, 7) is 10.7. The first-order chi connectivity index (χ1) is 11.7. The second kappa shape index (κ2) is 6.22. The zero-order valence-electron chi connectivity index (χ0n) is 14.4. The summed E-state index contributed by atoms with van der Waals surface area (Å²) in [4.78, 5) is 8.31. The quantitative estimate of drug-likeness (QED) is 0.546. The Morgan fingerprint density at radius 1 is 1.17 bits per heavy atom. The van der Waals surface area contributed by atoms with Crippen LogP contribution in [0.5, 0.6) is 0 Å². The normalized spacial score (nSPS) is 12.8. The molecule has 24 heavy (non-hydrogen) atoms. The summed E-state index contributed by atoms with van der Waals surface area (Å²) in [6, 6.07) is 8.56. The summed E-state index contributed by atoms with van der Waals surface area (Å²) < 4.78 is 2.18. The zero-order chi connectivity index (χ0) is 16.7. The van der Waals surface area contributed by atoms with E-state index in [9.17, 15) is 0 Å². The third-order valence-electron chi connectivity index (χ3n) is 4.82. The molecule has 0 atom stereocenters. The van der Waals surface area contributed by atoms with Crippen molar-refractivity contribution >= 4 is 22.7 Å².